The fraction of sp³-hybridized carbons (Fsp3) is 0.355. The van der Waals surface area contributed by atoms with Gasteiger partial charge in [-0.25, -0.2) is 0 Å². The maximum absolute atomic E-state index is 10.9. The van der Waals surface area contributed by atoms with Crippen molar-refractivity contribution in [3.8, 4) is 17.2 Å². The molecule has 0 saturated heterocycles. The summed E-state index contributed by atoms with van der Waals surface area (Å²) in [4.78, 5) is 9.38. The van der Waals surface area contributed by atoms with Gasteiger partial charge in [0.05, 0.1) is 18.5 Å². The second kappa shape index (κ2) is 11.9. The van der Waals surface area contributed by atoms with Crippen LogP contribution in [0.4, 0.5) is 11.4 Å². The van der Waals surface area contributed by atoms with E-state index in [0.29, 0.717) is 28.3 Å². The normalized spacial score (nSPS) is 11.9. The Morgan fingerprint density at radius 3 is 1.61 bits per heavy atom. The molecule has 0 aliphatic rings. The van der Waals surface area contributed by atoms with Crippen LogP contribution in [0.5, 0.6) is 17.2 Å². The number of phenolic OH excluding ortho intramolecular Hbond substituents is 2. The number of methoxy groups -OCH3 is 1. The van der Waals surface area contributed by atoms with E-state index in [-0.39, 0.29) is 23.3 Å². The summed E-state index contributed by atoms with van der Waals surface area (Å²) in [5.74, 6) is 1.57. The van der Waals surface area contributed by atoms with E-state index in [1.807, 2.05) is 30.3 Å². The van der Waals surface area contributed by atoms with Gasteiger partial charge in [-0.3, -0.25) is 9.98 Å². The van der Waals surface area contributed by atoms with E-state index in [0.717, 1.165) is 35.1 Å². The van der Waals surface area contributed by atoms with Crippen molar-refractivity contribution >= 4 is 23.8 Å². The monoisotopic (exact) mass is 486 g/mol. The quantitative estimate of drug-likeness (QED) is 0.301. The van der Waals surface area contributed by atoms with Crippen LogP contribution >= 0.6 is 0 Å². The molecule has 0 aromatic heterocycles. The second-order valence-corrected chi connectivity index (χ2v) is 9.63. The number of ether oxygens (including phenoxy) is 1. The van der Waals surface area contributed by atoms with Crippen LogP contribution < -0.4 is 4.74 Å². The predicted molar refractivity (Wildman–Crippen MR) is 151 cm³/mol. The minimum Gasteiger partial charge on any atom is -0.507 e. The zero-order valence-electron chi connectivity index (χ0n) is 22.5. The molecule has 2 N–H and O–H groups in total. The van der Waals surface area contributed by atoms with Crippen LogP contribution in [-0.4, -0.2) is 29.8 Å². The molecule has 0 atom stereocenters. The first kappa shape index (κ1) is 27.0. The Kier molecular flexibility index (Phi) is 8.92. The van der Waals surface area contributed by atoms with Crippen molar-refractivity contribution in [1.29, 1.82) is 0 Å². The molecule has 190 valence electrons. The number of nitrogens with zero attached hydrogens (tertiary/aromatic N) is 2. The van der Waals surface area contributed by atoms with Gasteiger partial charge in [0.25, 0.3) is 0 Å². The number of rotatable bonds is 9. The van der Waals surface area contributed by atoms with Crippen LogP contribution in [0.3, 0.4) is 0 Å². The van der Waals surface area contributed by atoms with E-state index in [9.17, 15) is 10.2 Å². The van der Waals surface area contributed by atoms with Gasteiger partial charge in [-0.15, -0.1) is 0 Å². The van der Waals surface area contributed by atoms with Crippen LogP contribution in [0, 0.1) is 0 Å². The number of benzene rings is 3. The molecule has 0 spiro atoms. The number of hydrogen-bond acceptors (Lipinski definition) is 5. The molecule has 3 aromatic rings. The molecular formula is C31H38N2O3. The Bertz CT molecular complexity index is 1270. The summed E-state index contributed by atoms with van der Waals surface area (Å²) < 4.78 is 5.41. The van der Waals surface area contributed by atoms with E-state index in [1.54, 1.807) is 19.5 Å². The maximum atomic E-state index is 10.9. The Morgan fingerprint density at radius 1 is 0.722 bits per heavy atom. The molecule has 36 heavy (non-hydrogen) atoms. The van der Waals surface area contributed by atoms with Gasteiger partial charge in [0.1, 0.15) is 17.2 Å². The fourth-order valence-corrected chi connectivity index (χ4v) is 4.10. The molecule has 0 radical (unpaired) electrons. The smallest absolute Gasteiger partial charge is 0.127 e. The van der Waals surface area contributed by atoms with Crippen LogP contribution in [0.1, 0.15) is 86.8 Å². The van der Waals surface area contributed by atoms with E-state index in [2.05, 4.69) is 58.7 Å². The SMILES string of the molecule is CCc1cc(C=Nc2ccc(OC)cc2N=Cc2cc(CC)cc(C(C)C)c2O)c(O)c(C(C)C)c1. The van der Waals surface area contributed by atoms with E-state index >= 15 is 0 Å². The summed E-state index contributed by atoms with van der Waals surface area (Å²) in [5.41, 5.74) is 6.71. The highest BCUT2D eigenvalue weighted by atomic mass is 16.5. The first-order chi connectivity index (χ1) is 17.2. The highest BCUT2D eigenvalue weighted by Gasteiger charge is 2.13. The molecule has 0 saturated carbocycles. The minimum absolute atomic E-state index is 0.197. The second-order valence-electron chi connectivity index (χ2n) is 9.63. The highest BCUT2D eigenvalue weighted by molar-refractivity contribution is 5.90. The summed E-state index contributed by atoms with van der Waals surface area (Å²) in [5, 5.41) is 21.7. The molecule has 0 heterocycles. The fourth-order valence-electron chi connectivity index (χ4n) is 4.10. The molecule has 5 heteroatoms. The zero-order chi connectivity index (χ0) is 26.4. The Morgan fingerprint density at radius 2 is 1.19 bits per heavy atom. The molecular weight excluding hydrogens is 448 g/mol. The third kappa shape index (κ3) is 6.14. The van der Waals surface area contributed by atoms with Gasteiger partial charge in [-0.1, -0.05) is 53.7 Å². The van der Waals surface area contributed by atoms with Crippen LogP contribution in [0.25, 0.3) is 0 Å². The summed E-state index contributed by atoms with van der Waals surface area (Å²) >= 11 is 0. The lowest BCUT2D eigenvalue weighted by molar-refractivity contribution is 0.415. The maximum Gasteiger partial charge on any atom is 0.127 e. The zero-order valence-corrected chi connectivity index (χ0v) is 22.5. The van der Waals surface area contributed by atoms with Crippen molar-refractivity contribution in [2.45, 2.75) is 66.2 Å². The topological polar surface area (TPSA) is 74.4 Å². The molecule has 0 amide bonds. The molecule has 0 aliphatic heterocycles. The molecule has 3 aromatic carbocycles. The average Bonchev–Trinajstić information content (AvgIpc) is 2.87. The standard InChI is InChI=1S/C31H38N2O3/c1-8-21-12-23(30(34)26(14-21)19(3)4)17-32-28-11-10-25(36-7)16-29(28)33-18-24-13-22(9-2)15-27(20(5)6)31(24)35/h10-20,34-35H,8-9H2,1-7H3. The number of aliphatic imine (C=N–C) groups is 2. The largest absolute Gasteiger partial charge is 0.507 e. The van der Waals surface area contributed by atoms with Gasteiger partial charge >= 0.3 is 0 Å². The number of phenols is 2. The summed E-state index contributed by atoms with van der Waals surface area (Å²) in [6.07, 6.45) is 5.11. The van der Waals surface area contributed by atoms with Gasteiger partial charge in [-0.05, 0) is 71.2 Å². The average molecular weight is 487 g/mol. The molecule has 0 bridgehead atoms. The summed E-state index contributed by atoms with van der Waals surface area (Å²) in [6.45, 7) is 12.5. The van der Waals surface area contributed by atoms with E-state index < -0.39 is 0 Å². The first-order valence-corrected chi connectivity index (χ1v) is 12.7. The lowest BCUT2D eigenvalue weighted by atomic mass is 9.95. The molecule has 5 nitrogen and oxygen atoms in total. The number of aromatic hydroxyl groups is 2. The van der Waals surface area contributed by atoms with Crippen molar-refractivity contribution in [2.24, 2.45) is 9.98 Å². The number of aryl methyl sites for hydroxylation is 2. The number of hydrogen-bond donors (Lipinski definition) is 2. The lowest BCUT2D eigenvalue weighted by Crippen LogP contribution is -1.96. The Balaban J connectivity index is 2.06. The van der Waals surface area contributed by atoms with Gasteiger partial charge in [0.15, 0.2) is 0 Å². The van der Waals surface area contributed by atoms with Crippen molar-refractivity contribution in [3.05, 3.63) is 75.8 Å². The first-order valence-electron chi connectivity index (χ1n) is 12.7. The van der Waals surface area contributed by atoms with E-state index in [4.69, 9.17) is 9.73 Å². The van der Waals surface area contributed by atoms with Gasteiger partial charge in [-0.2, -0.15) is 0 Å². The van der Waals surface area contributed by atoms with Crippen molar-refractivity contribution in [3.63, 3.8) is 0 Å². The van der Waals surface area contributed by atoms with Crippen LogP contribution in [0.15, 0.2) is 52.4 Å². The molecule has 0 aliphatic carbocycles. The minimum atomic E-state index is 0.197. The Hall–Kier alpha value is -3.60. The Labute approximate surface area is 215 Å². The van der Waals surface area contributed by atoms with Crippen LogP contribution in [0.2, 0.25) is 0 Å². The van der Waals surface area contributed by atoms with Gasteiger partial charge in [0.2, 0.25) is 0 Å². The third-order valence-corrected chi connectivity index (χ3v) is 6.39. The van der Waals surface area contributed by atoms with Crippen molar-refractivity contribution in [2.75, 3.05) is 7.11 Å². The summed E-state index contributed by atoms with van der Waals surface area (Å²) in [7, 11) is 1.61. The van der Waals surface area contributed by atoms with Gasteiger partial charge in [0, 0.05) is 29.6 Å². The van der Waals surface area contributed by atoms with Crippen LogP contribution in [-0.2, 0) is 12.8 Å². The molecule has 0 unspecified atom stereocenters. The summed E-state index contributed by atoms with van der Waals surface area (Å²) in [6, 6.07) is 13.5. The highest BCUT2D eigenvalue weighted by Crippen LogP contribution is 2.35. The third-order valence-electron chi connectivity index (χ3n) is 6.39. The lowest BCUT2D eigenvalue weighted by Gasteiger charge is -2.13. The van der Waals surface area contributed by atoms with E-state index in [1.165, 1.54) is 0 Å². The molecule has 0 fully saturated rings. The molecule has 3 rings (SSSR count). The predicted octanol–water partition coefficient (Wildman–Crippen LogP) is 7.98. The van der Waals surface area contributed by atoms with Gasteiger partial charge < -0.3 is 14.9 Å². The van der Waals surface area contributed by atoms with Crippen molar-refractivity contribution in [1.82, 2.24) is 0 Å². The van der Waals surface area contributed by atoms with Crippen molar-refractivity contribution < 1.29 is 14.9 Å².